The molecule has 7 aromatic rings. The summed E-state index contributed by atoms with van der Waals surface area (Å²) in [6.45, 7) is 7.69. The van der Waals surface area contributed by atoms with Gasteiger partial charge in [-0.05, 0) is 146 Å². The number of carbonyl (C=O) groups excluding carboxylic acids is 7. The molecule has 0 aliphatic carbocycles. The van der Waals surface area contributed by atoms with Crippen molar-refractivity contribution in [3.63, 3.8) is 0 Å². The summed E-state index contributed by atoms with van der Waals surface area (Å²) in [5, 5.41) is 129. The molecule has 0 radical (unpaired) electrons. The Balaban J connectivity index is 1.02. The predicted octanol–water partition coefficient (Wildman–Crippen LogP) is 5.91. The van der Waals surface area contributed by atoms with Crippen LogP contribution < -0.4 is 62.5 Å². The van der Waals surface area contributed by atoms with Gasteiger partial charge in [0.15, 0.2) is 29.9 Å². The molecule has 6 aliphatic rings. The molecule has 6 aliphatic heterocycles. The van der Waals surface area contributed by atoms with Crippen LogP contribution in [-0.2, 0) is 59.1 Å². The second-order valence-corrected chi connectivity index (χ2v) is 30.7. The minimum Gasteiger partial charge on any atom is -0.508 e. The maximum Gasteiger partial charge on any atom is 0.330 e. The monoisotopic (exact) mass is 1690 g/mol. The number of aromatic hydroxyl groups is 3. The summed E-state index contributed by atoms with van der Waals surface area (Å²) in [5.41, 5.74) is 14.4. The Bertz CT molecular complexity index is 4990. The molecule has 7 aromatic carbocycles. The average Bonchev–Trinajstić information content (AvgIpc) is 0.762. The van der Waals surface area contributed by atoms with Gasteiger partial charge in [0.2, 0.25) is 53.4 Å². The van der Waals surface area contributed by atoms with Crippen molar-refractivity contribution in [3.05, 3.63) is 187 Å². The first-order valence-corrected chi connectivity index (χ1v) is 38.3. The van der Waals surface area contributed by atoms with Crippen molar-refractivity contribution in [2.24, 2.45) is 16.8 Å². The maximum absolute atomic E-state index is 15.2. The van der Waals surface area contributed by atoms with Crippen molar-refractivity contribution in [2.45, 2.75) is 170 Å². The smallest absolute Gasteiger partial charge is 0.330 e. The highest BCUT2D eigenvalue weighted by molar-refractivity contribution is 6.32. The fourth-order valence-corrected chi connectivity index (χ4v) is 14.7. The van der Waals surface area contributed by atoms with E-state index in [2.05, 4.69) is 52.6 Å². The van der Waals surface area contributed by atoms with Crippen molar-refractivity contribution in [2.75, 3.05) is 13.6 Å². The van der Waals surface area contributed by atoms with E-state index in [0.29, 0.717) is 5.02 Å². The summed E-state index contributed by atoms with van der Waals surface area (Å²) in [6.07, 6.45) is -17.9. The number of carboxylic acids is 1. The van der Waals surface area contributed by atoms with Crippen molar-refractivity contribution in [1.82, 2.24) is 42.5 Å². The SMILES string of the molecule is CNC(CC(C)C)C(=O)NC1C(=O)NC(CC(N)=O)C(=O)NC(C)C(=O)NC2C(=O)NC(C(=O)NC(C(=O)O)c3cc(O)cc(O)c3-c3cc2ccc3O)C(O)c2ccc(c(Cl)c2)Oc2cccc(c2OC2OC(CN=[N+]=[N-])C(O)C(O)C2OC2CC(C)(NCc3ccc(-c4ccc(Cl)cc4)cc3)C(O)C(C)O2)Oc2ccc(cc2Cl)C1O. The van der Waals surface area contributed by atoms with E-state index < -0.39 is 209 Å². The molecule has 0 saturated carbocycles. The first kappa shape index (κ1) is 87.7. The van der Waals surface area contributed by atoms with Crippen molar-refractivity contribution >= 4 is 82.1 Å². The molecule has 18 unspecified atom stereocenters. The summed E-state index contributed by atoms with van der Waals surface area (Å²) in [6, 6.07) is 17.3. The second kappa shape index (κ2) is 37.7. The zero-order valence-corrected chi connectivity index (χ0v) is 66.2. The summed E-state index contributed by atoms with van der Waals surface area (Å²) in [4.78, 5) is 117. The van der Waals surface area contributed by atoms with Gasteiger partial charge in [0.05, 0.1) is 47.4 Å². The minimum atomic E-state index is -2.32. The molecular formula is C80H87Cl3N12O23. The third kappa shape index (κ3) is 20.2. The van der Waals surface area contributed by atoms with Gasteiger partial charge >= 0.3 is 5.97 Å². The Morgan fingerprint density at radius 3 is 1.93 bits per heavy atom. The number of carbonyl (C=O) groups is 8. The van der Waals surface area contributed by atoms with Crippen LogP contribution in [0.5, 0.6) is 46.0 Å². The number of fused-ring (bicyclic) bond motifs is 6. The molecule has 10 bridgehead atoms. The quantitative estimate of drug-likeness (QED) is 0.0270. The van der Waals surface area contributed by atoms with Gasteiger partial charge in [-0.1, -0.05) is 114 Å². The fourth-order valence-electron chi connectivity index (χ4n) is 14.1. The van der Waals surface area contributed by atoms with Crippen LogP contribution in [0.3, 0.4) is 0 Å². The molecule has 35 nitrogen and oxygen atoms in total. The second-order valence-electron chi connectivity index (χ2n) is 29.4. The van der Waals surface area contributed by atoms with Crippen LogP contribution in [0, 0.1) is 5.92 Å². The van der Waals surface area contributed by atoms with E-state index in [9.17, 15) is 85.1 Å². The van der Waals surface area contributed by atoms with E-state index >= 15 is 4.79 Å². The van der Waals surface area contributed by atoms with Gasteiger partial charge in [0.1, 0.15) is 83.4 Å². The summed E-state index contributed by atoms with van der Waals surface area (Å²) >= 11 is 20.3. The van der Waals surface area contributed by atoms with E-state index in [-0.39, 0.29) is 75.0 Å². The number of amides is 7. The number of primary amides is 1. The molecule has 19 N–H and O–H groups in total. The van der Waals surface area contributed by atoms with Crippen molar-refractivity contribution < 1.29 is 113 Å². The number of aliphatic hydroxyl groups excluding tert-OH is 5. The zero-order chi connectivity index (χ0) is 85.5. The molecule has 13 rings (SSSR count). The van der Waals surface area contributed by atoms with Gasteiger partial charge < -0.3 is 123 Å². The number of nitrogens with two attached hydrogens (primary N) is 1. The normalized spacial score (nSPS) is 26.6. The Hall–Kier alpha value is -11.1. The Morgan fingerprint density at radius 1 is 0.703 bits per heavy atom. The van der Waals surface area contributed by atoms with Crippen LogP contribution >= 0.6 is 34.8 Å². The summed E-state index contributed by atoms with van der Waals surface area (Å²) < 4.78 is 39.1. The molecular weight excluding hydrogens is 1600 g/mol. The third-order valence-electron chi connectivity index (χ3n) is 20.5. The highest BCUT2D eigenvalue weighted by atomic mass is 35.5. The molecule has 2 fully saturated rings. The van der Waals surface area contributed by atoms with Crippen molar-refractivity contribution in [1.29, 1.82) is 0 Å². The number of hydrogen-bond acceptors (Lipinski definition) is 25. The van der Waals surface area contributed by atoms with E-state index in [1.807, 2.05) is 50.2 Å². The van der Waals surface area contributed by atoms with Gasteiger partial charge in [-0.15, -0.1) is 0 Å². The average molecular weight is 1690 g/mol. The third-order valence-corrected chi connectivity index (χ3v) is 21.3. The van der Waals surface area contributed by atoms with E-state index in [0.717, 1.165) is 72.1 Å². The van der Waals surface area contributed by atoms with Gasteiger partial charge in [-0.2, -0.15) is 0 Å². The van der Waals surface area contributed by atoms with Gasteiger partial charge in [0.25, 0.3) is 0 Å². The minimum absolute atomic E-state index is 0.116. The van der Waals surface area contributed by atoms with Crippen LogP contribution in [0.25, 0.3) is 32.7 Å². The lowest BCUT2D eigenvalue weighted by Crippen LogP contribution is -2.65. The topological polar surface area (TPSA) is 545 Å². The highest BCUT2D eigenvalue weighted by Gasteiger charge is 2.52. The predicted molar refractivity (Wildman–Crippen MR) is 422 cm³/mol. The molecule has 18 atom stereocenters. The maximum atomic E-state index is 15.2. The molecule has 38 heteroatoms. The van der Waals surface area contributed by atoms with Crippen LogP contribution in [0.2, 0.25) is 15.1 Å². The zero-order valence-electron chi connectivity index (χ0n) is 63.9. The number of halogens is 3. The molecule has 0 aromatic heterocycles. The number of nitrogens with one attached hydrogen (secondary N) is 8. The standard InChI is InChI=1S/C80H87Cl3N12O23/c1-34(2)24-49(86-6)73(106)93-63-65(100)41-17-22-53(47(82)26-41)114-55-8-7-9-56(69(55)118-79-70(68(103)67(102)57(116-79)33-88-95-85)117-59-31-80(5,71(104)36(4)113-59)87-32-37-10-12-38(13-11-37)39-14-19-43(81)20-15-39)115-54-23-18-42(27-48(54)83)66(101)64-77(110)92-62(78(111)112)46-28-44(96)29-52(98)60(46)45-25-40(16-21-51(45)97)61(75(108)94-64)91-72(105)35(3)89-74(107)50(30-58(84)99)90-76(63)109/h7-23,25-29,34-36,49-50,57,59,61-68,70-71,79,86-87,96-98,100-104H,24,30-33H2,1-6H3,(H2,84,99)(H,89,107)(H,90,109)(H,91,105)(H,92,110)(H,93,106)(H,94,108)(H,111,112). The molecule has 118 heavy (non-hydrogen) atoms. The number of likely N-dealkylation sites (N-methyl/N-ethyl adjacent to an activating group) is 1. The number of para-hydroxylation sites is 1. The molecule has 6 heterocycles. The van der Waals surface area contributed by atoms with Crippen LogP contribution in [-0.4, -0.2) is 192 Å². The molecule has 0 spiro atoms. The number of hydrogen-bond donors (Lipinski definition) is 18. The van der Waals surface area contributed by atoms with E-state index in [1.165, 1.54) is 43.4 Å². The first-order chi connectivity index (χ1) is 56.0. The van der Waals surface area contributed by atoms with Gasteiger partial charge in [0, 0.05) is 51.2 Å². The number of phenols is 3. The number of aliphatic carboxylic acids is 1. The number of rotatable bonds is 18. The number of phenolic OH excluding ortho intramolecular Hbond substituents is 3. The Kier molecular flexibility index (Phi) is 28.0. The molecule has 2 saturated heterocycles. The first-order valence-electron chi connectivity index (χ1n) is 37.1. The van der Waals surface area contributed by atoms with Gasteiger partial charge in [-0.3, -0.25) is 33.6 Å². The lowest BCUT2D eigenvalue weighted by molar-refractivity contribution is -0.331. The number of benzene rings is 7. The van der Waals surface area contributed by atoms with E-state index in [4.69, 9.17) is 69.0 Å². The number of azide groups is 1. The number of nitrogens with zero attached hydrogens (tertiary/aromatic N) is 3. The lowest BCUT2D eigenvalue weighted by Gasteiger charge is -2.48. The number of carboxylic acid groups (broad SMARTS) is 1. The summed E-state index contributed by atoms with van der Waals surface area (Å²) in [7, 11) is 1.47. The largest absolute Gasteiger partial charge is 0.508 e. The molecule has 7 amide bonds. The lowest BCUT2D eigenvalue weighted by atomic mass is 9.84. The number of ether oxygens (including phenoxy) is 6. The molecule has 626 valence electrons. The van der Waals surface area contributed by atoms with Gasteiger partial charge in [-0.25, -0.2) is 4.79 Å². The van der Waals surface area contributed by atoms with Crippen LogP contribution in [0.15, 0.2) is 139 Å². The van der Waals surface area contributed by atoms with Crippen LogP contribution in [0.1, 0.15) is 106 Å². The summed E-state index contributed by atoms with van der Waals surface area (Å²) in [5.74, 6) is -14.5. The Labute approximate surface area is 689 Å². The Morgan fingerprint density at radius 2 is 1.33 bits per heavy atom. The van der Waals surface area contributed by atoms with Crippen LogP contribution in [0.4, 0.5) is 0 Å². The fraction of sp³-hybridized carbons (Fsp3) is 0.375. The highest BCUT2D eigenvalue weighted by Crippen LogP contribution is 2.48. The van der Waals surface area contributed by atoms with Crippen molar-refractivity contribution in [3.8, 4) is 68.2 Å². The number of aliphatic hydroxyl groups is 5. The van der Waals surface area contributed by atoms with E-state index in [1.54, 1.807) is 26.0 Å².